The molecule has 0 fully saturated rings. The molecule has 0 unspecified atom stereocenters. The summed E-state index contributed by atoms with van der Waals surface area (Å²) >= 11 is 3.23. The molecule has 5 heteroatoms. The molecule has 0 bridgehead atoms. The number of carbonyl (C=O) groups excluding carboxylic acids is 1. The zero-order chi connectivity index (χ0) is 14.1. The van der Waals surface area contributed by atoms with Crippen molar-refractivity contribution in [3.63, 3.8) is 0 Å². The van der Waals surface area contributed by atoms with Crippen LogP contribution in [-0.4, -0.2) is 23.7 Å². The number of amides is 1. The highest BCUT2D eigenvalue weighted by molar-refractivity contribution is 7.33. The van der Waals surface area contributed by atoms with Crippen LogP contribution >= 0.6 is 22.7 Å². The second kappa shape index (κ2) is 5.52. The van der Waals surface area contributed by atoms with Gasteiger partial charge in [0.05, 0.1) is 22.2 Å². The minimum Gasteiger partial charge on any atom is -0.394 e. The van der Waals surface area contributed by atoms with E-state index in [0.717, 1.165) is 11.1 Å². The minimum atomic E-state index is -0.167. The van der Waals surface area contributed by atoms with Gasteiger partial charge in [0.1, 0.15) is 0 Å². The molecule has 2 N–H and O–H groups in total. The molecular formula is C15H15NO2S2. The van der Waals surface area contributed by atoms with Gasteiger partial charge in [-0.1, -0.05) is 25.1 Å². The maximum Gasteiger partial charge on any atom is 0.261 e. The lowest BCUT2D eigenvalue weighted by molar-refractivity contribution is 0.0919. The van der Waals surface area contributed by atoms with Gasteiger partial charge >= 0.3 is 0 Å². The Morgan fingerprint density at radius 3 is 2.85 bits per heavy atom. The normalized spacial score (nSPS) is 12.9. The Kier molecular flexibility index (Phi) is 3.74. The number of aliphatic hydroxyl groups excluding tert-OH is 1. The Morgan fingerprint density at radius 2 is 2.10 bits per heavy atom. The van der Waals surface area contributed by atoms with E-state index in [1.54, 1.807) is 11.3 Å². The molecule has 0 aliphatic carbocycles. The minimum absolute atomic E-state index is 0.0229. The lowest BCUT2D eigenvalue weighted by atomic mass is 10.2. The largest absolute Gasteiger partial charge is 0.394 e. The summed E-state index contributed by atoms with van der Waals surface area (Å²) in [6, 6.07) is 10.0. The molecule has 0 aliphatic rings. The highest BCUT2D eigenvalue weighted by Crippen LogP contribution is 2.39. The van der Waals surface area contributed by atoms with E-state index in [-0.39, 0.29) is 18.6 Å². The number of hydrogen-bond donors (Lipinski definition) is 2. The van der Waals surface area contributed by atoms with Crippen molar-refractivity contribution in [3.8, 4) is 0 Å². The quantitative estimate of drug-likeness (QED) is 0.773. The average Bonchev–Trinajstić information content (AvgIpc) is 3.02. The number of nitrogens with one attached hydrogen (secondary N) is 1. The molecule has 20 heavy (non-hydrogen) atoms. The van der Waals surface area contributed by atoms with Crippen LogP contribution in [-0.2, 0) is 0 Å². The molecule has 104 valence electrons. The van der Waals surface area contributed by atoms with Crippen LogP contribution in [0.3, 0.4) is 0 Å². The van der Waals surface area contributed by atoms with Crippen molar-refractivity contribution >= 4 is 48.1 Å². The van der Waals surface area contributed by atoms with Crippen LogP contribution in [0.25, 0.3) is 19.5 Å². The second-order valence-electron chi connectivity index (χ2n) is 4.66. The van der Waals surface area contributed by atoms with Crippen LogP contribution in [0.2, 0.25) is 0 Å². The Hall–Kier alpha value is -1.43. The Labute approximate surface area is 124 Å². The van der Waals surface area contributed by atoms with Crippen LogP contribution in [0.15, 0.2) is 30.3 Å². The van der Waals surface area contributed by atoms with Crippen LogP contribution < -0.4 is 5.32 Å². The van der Waals surface area contributed by atoms with E-state index >= 15 is 0 Å². The van der Waals surface area contributed by atoms with Gasteiger partial charge < -0.3 is 10.4 Å². The fourth-order valence-corrected chi connectivity index (χ4v) is 4.57. The molecule has 0 spiro atoms. The summed E-state index contributed by atoms with van der Waals surface area (Å²) in [5.74, 6) is -0.0941. The average molecular weight is 305 g/mol. The molecule has 1 amide bonds. The Bertz CT molecular complexity index is 756. The Balaban J connectivity index is 1.95. The van der Waals surface area contributed by atoms with E-state index in [2.05, 4.69) is 17.4 Å². The molecule has 0 aliphatic heterocycles. The molecule has 3 aromatic rings. The SMILES string of the molecule is CC[C@H](CO)NC(=O)c1cc2sc3ccccc3c2s1. The summed E-state index contributed by atoms with van der Waals surface area (Å²) in [5, 5.41) is 13.2. The van der Waals surface area contributed by atoms with Crippen molar-refractivity contribution in [2.24, 2.45) is 0 Å². The number of fused-ring (bicyclic) bond motifs is 3. The van der Waals surface area contributed by atoms with E-state index in [0.29, 0.717) is 4.88 Å². The fraction of sp³-hybridized carbons (Fsp3) is 0.267. The van der Waals surface area contributed by atoms with Crippen molar-refractivity contribution in [1.82, 2.24) is 5.32 Å². The van der Waals surface area contributed by atoms with Gasteiger partial charge in [-0.3, -0.25) is 4.79 Å². The first kappa shape index (κ1) is 13.5. The molecule has 2 aromatic heterocycles. The van der Waals surface area contributed by atoms with Crippen LogP contribution in [0.5, 0.6) is 0 Å². The third-order valence-electron chi connectivity index (χ3n) is 3.32. The number of aliphatic hydroxyl groups is 1. The molecule has 2 heterocycles. The smallest absolute Gasteiger partial charge is 0.261 e. The number of thiophene rings is 2. The molecule has 1 atom stereocenters. The topological polar surface area (TPSA) is 49.3 Å². The molecular weight excluding hydrogens is 290 g/mol. The summed E-state index contributed by atoms with van der Waals surface area (Å²) in [6.45, 7) is 1.92. The number of benzene rings is 1. The predicted molar refractivity (Wildman–Crippen MR) is 85.8 cm³/mol. The third-order valence-corrected chi connectivity index (χ3v) is 5.74. The lowest BCUT2D eigenvalue weighted by Gasteiger charge is -2.12. The van der Waals surface area contributed by atoms with E-state index in [1.807, 2.05) is 25.1 Å². The summed E-state index contributed by atoms with van der Waals surface area (Å²) in [6.07, 6.45) is 0.727. The summed E-state index contributed by atoms with van der Waals surface area (Å²) in [4.78, 5) is 12.9. The summed E-state index contributed by atoms with van der Waals surface area (Å²) in [5.41, 5.74) is 0. The number of rotatable bonds is 4. The van der Waals surface area contributed by atoms with Crippen molar-refractivity contribution in [1.29, 1.82) is 0 Å². The lowest BCUT2D eigenvalue weighted by Crippen LogP contribution is -2.36. The first-order chi connectivity index (χ1) is 9.72. The van der Waals surface area contributed by atoms with E-state index < -0.39 is 0 Å². The first-order valence-electron chi connectivity index (χ1n) is 6.55. The second-order valence-corrected chi connectivity index (χ2v) is 6.80. The van der Waals surface area contributed by atoms with Gasteiger partial charge in [0.2, 0.25) is 0 Å². The highest BCUT2D eigenvalue weighted by Gasteiger charge is 2.16. The van der Waals surface area contributed by atoms with Gasteiger partial charge in [0.15, 0.2) is 0 Å². The van der Waals surface area contributed by atoms with Gasteiger partial charge in [-0.15, -0.1) is 22.7 Å². The van der Waals surface area contributed by atoms with Gasteiger partial charge in [0, 0.05) is 14.8 Å². The maximum atomic E-state index is 12.2. The molecule has 0 saturated carbocycles. The van der Waals surface area contributed by atoms with Crippen LogP contribution in [0.4, 0.5) is 0 Å². The summed E-state index contributed by atoms with van der Waals surface area (Å²) < 4.78 is 3.58. The van der Waals surface area contributed by atoms with Crippen LogP contribution in [0.1, 0.15) is 23.0 Å². The standard InChI is InChI=1S/C15H15NO2S2/c1-2-9(8-17)16-15(18)13-7-12-14(20-13)10-5-3-4-6-11(10)19-12/h3-7,9,17H,2,8H2,1H3,(H,16,18)/t9-/m1/s1. The first-order valence-corrected chi connectivity index (χ1v) is 8.19. The zero-order valence-electron chi connectivity index (χ0n) is 11.1. The van der Waals surface area contributed by atoms with Crippen molar-refractivity contribution in [3.05, 3.63) is 35.2 Å². The maximum absolute atomic E-state index is 12.2. The van der Waals surface area contributed by atoms with E-state index in [1.165, 1.54) is 26.1 Å². The fourth-order valence-electron chi connectivity index (χ4n) is 2.14. The van der Waals surface area contributed by atoms with Crippen LogP contribution in [0, 0.1) is 0 Å². The van der Waals surface area contributed by atoms with E-state index in [4.69, 9.17) is 5.11 Å². The highest BCUT2D eigenvalue weighted by atomic mass is 32.1. The van der Waals surface area contributed by atoms with Gasteiger partial charge in [0.25, 0.3) is 5.91 Å². The van der Waals surface area contributed by atoms with Gasteiger partial charge in [-0.05, 0) is 18.6 Å². The molecule has 3 nitrogen and oxygen atoms in total. The van der Waals surface area contributed by atoms with Gasteiger partial charge in [-0.2, -0.15) is 0 Å². The predicted octanol–water partition coefficient (Wildman–Crippen LogP) is 3.62. The van der Waals surface area contributed by atoms with Crippen molar-refractivity contribution in [2.45, 2.75) is 19.4 Å². The number of hydrogen-bond acceptors (Lipinski definition) is 4. The third kappa shape index (κ3) is 2.32. The Morgan fingerprint density at radius 1 is 1.30 bits per heavy atom. The molecule has 0 radical (unpaired) electrons. The zero-order valence-corrected chi connectivity index (χ0v) is 12.7. The van der Waals surface area contributed by atoms with Crippen molar-refractivity contribution in [2.75, 3.05) is 6.61 Å². The van der Waals surface area contributed by atoms with Gasteiger partial charge in [-0.25, -0.2) is 0 Å². The van der Waals surface area contributed by atoms with E-state index in [9.17, 15) is 4.79 Å². The number of carbonyl (C=O) groups is 1. The molecule has 3 rings (SSSR count). The molecule has 0 saturated heterocycles. The van der Waals surface area contributed by atoms with Crippen molar-refractivity contribution < 1.29 is 9.90 Å². The monoisotopic (exact) mass is 305 g/mol. The molecule has 1 aromatic carbocycles. The summed E-state index contributed by atoms with van der Waals surface area (Å²) in [7, 11) is 0.